The van der Waals surface area contributed by atoms with E-state index in [1.54, 1.807) is 0 Å². The van der Waals surface area contributed by atoms with Crippen LogP contribution in [0, 0.1) is 0 Å². The minimum Gasteiger partial charge on any atom is -0.455 e. The second-order valence-electron chi connectivity index (χ2n) is 13.3. The van der Waals surface area contributed by atoms with Crippen LogP contribution in [-0.2, 0) is 0 Å². The Hall–Kier alpha value is -6.90. The van der Waals surface area contributed by atoms with E-state index in [0.29, 0.717) is 0 Å². The Labute approximate surface area is 302 Å². The lowest BCUT2D eigenvalue weighted by Gasteiger charge is -2.28. The van der Waals surface area contributed by atoms with Gasteiger partial charge < -0.3 is 9.32 Å². The maximum absolute atomic E-state index is 6.49. The van der Waals surface area contributed by atoms with E-state index in [4.69, 9.17) is 4.42 Å². The van der Waals surface area contributed by atoms with Gasteiger partial charge in [0, 0.05) is 33.1 Å². The van der Waals surface area contributed by atoms with E-state index in [0.717, 1.165) is 50.1 Å². The third kappa shape index (κ3) is 5.04. The summed E-state index contributed by atoms with van der Waals surface area (Å²) in [5, 5.41) is 7.16. The van der Waals surface area contributed by atoms with E-state index in [-0.39, 0.29) is 0 Å². The monoisotopic (exact) mass is 663 g/mol. The summed E-state index contributed by atoms with van der Waals surface area (Å²) >= 11 is 0. The second-order valence-corrected chi connectivity index (χ2v) is 13.3. The molecule has 2 heteroatoms. The van der Waals surface area contributed by atoms with Gasteiger partial charge in [-0.1, -0.05) is 164 Å². The number of rotatable bonds is 6. The second kappa shape index (κ2) is 12.5. The van der Waals surface area contributed by atoms with E-state index in [1.165, 1.54) is 43.8 Å². The van der Waals surface area contributed by atoms with Crippen molar-refractivity contribution in [2.45, 2.75) is 0 Å². The molecule has 0 spiro atoms. The molecule has 10 rings (SSSR count). The van der Waals surface area contributed by atoms with Crippen molar-refractivity contribution >= 4 is 60.5 Å². The molecule has 0 aliphatic heterocycles. The van der Waals surface area contributed by atoms with Crippen molar-refractivity contribution in [3.63, 3.8) is 0 Å². The van der Waals surface area contributed by atoms with Crippen molar-refractivity contribution in [2.24, 2.45) is 0 Å². The molecular weight excluding hydrogens is 631 g/mol. The predicted molar refractivity (Wildman–Crippen MR) is 220 cm³/mol. The molecule has 0 unspecified atom stereocenters. The van der Waals surface area contributed by atoms with Crippen molar-refractivity contribution < 1.29 is 4.42 Å². The molecule has 0 aliphatic rings. The van der Waals surface area contributed by atoms with Crippen LogP contribution in [0.15, 0.2) is 205 Å². The Bertz CT molecular complexity index is 2900. The molecule has 0 atom stereocenters. The molecule has 1 heterocycles. The standard InChI is InChI=1S/C50H33NO/c1-2-13-34(14-3-1)42-31-32-48(45-21-7-6-20-44(42)45)51(38-29-27-36(28-30-38)41-23-11-16-35-15-4-5-19-40(35)41)39-18-10-17-37(33-39)43-24-12-25-47-46-22-8-9-26-49(46)52-50(43)47/h1-33H. The van der Waals surface area contributed by atoms with Gasteiger partial charge in [-0.25, -0.2) is 0 Å². The zero-order chi connectivity index (χ0) is 34.4. The highest BCUT2D eigenvalue weighted by atomic mass is 16.3. The smallest absolute Gasteiger partial charge is 0.143 e. The fraction of sp³-hybridized carbons (Fsp3) is 0. The Morgan fingerprint density at radius 2 is 0.923 bits per heavy atom. The van der Waals surface area contributed by atoms with Crippen molar-refractivity contribution in [1.29, 1.82) is 0 Å². The first-order chi connectivity index (χ1) is 25.8. The van der Waals surface area contributed by atoms with Gasteiger partial charge in [0.25, 0.3) is 0 Å². The third-order valence-corrected chi connectivity index (χ3v) is 10.3. The van der Waals surface area contributed by atoms with Gasteiger partial charge in [0.05, 0.1) is 5.69 Å². The van der Waals surface area contributed by atoms with Crippen LogP contribution in [0.4, 0.5) is 17.1 Å². The molecule has 52 heavy (non-hydrogen) atoms. The lowest BCUT2D eigenvalue weighted by Crippen LogP contribution is -2.10. The van der Waals surface area contributed by atoms with Crippen molar-refractivity contribution in [3.05, 3.63) is 200 Å². The van der Waals surface area contributed by atoms with Crippen LogP contribution in [0.1, 0.15) is 0 Å². The quantitative estimate of drug-likeness (QED) is 0.176. The normalized spacial score (nSPS) is 11.5. The Balaban J connectivity index is 1.16. The first kappa shape index (κ1) is 30.0. The van der Waals surface area contributed by atoms with Crippen molar-refractivity contribution in [1.82, 2.24) is 0 Å². The molecule has 0 amide bonds. The van der Waals surface area contributed by atoms with E-state index in [2.05, 4.69) is 193 Å². The molecule has 0 radical (unpaired) electrons. The van der Waals surface area contributed by atoms with Crippen molar-refractivity contribution in [3.8, 4) is 33.4 Å². The van der Waals surface area contributed by atoms with Gasteiger partial charge in [-0.05, 0) is 80.4 Å². The highest BCUT2D eigenvalue weighted by Crippen LogP contribution is 2.44. The molecule has 0 bridgehead atoms. The van der Waals surface area contributed by atoms with Gasteiger partial charge in [0.2, 0.25) is 0 Å². The molecular formula is C50H33NO. The fourth-order valence-electron chi connectivity index (χ4n) is 7.83. The van der Waals surface area contributed by atoms with Gasteiger partial charge >= 0.3 is 0 Å². The molecule has 0 N–H and O–H groups in total. The van der Waals surface area contributed by atoms with Crippen LogP contribution in [-0.4, -0.2) is 0 Å². The van der Waals surface area contributed by atoms with Gasteiger partial charge in [0.1, 0.15) is 11.2 Å². The summed E-state index contributed by atoms with van der Waals surface area (Å²) in [6, 6.07) is 71.7. The largest absolute Gasteiger partial charge is 0.455 e. The van der Waals surface area contributed by atoms with Gasteiger partial charge in [-0.2, -0.15) is 0 Å². The fourth-order valence-corrected chi connectivity index (χ4v) is 7.83. The summed E-state index contributed by atoms with van der Waals surface area (Å²) < 4.78 is 6.49. The number of hydrogen-bond donors (Lipinski definition) is 0. The highest BCUT2D eigenvalue weighted by molar-refractivity contribution is 6.10. The first-order valence-corrected chi connectivity index (χ1v) is 17.8. The average Bonchev–Trinajstić information content (AvgIpc) is 3.61. The maximum Gasteiger partial charge on any atom is 0.143 e. The molecule has 9 aromatic carbocycles. The van der Waals surface area contributed by atoms with E-state index >= 15 is 0 Å². The van der Waals surface area contributed by atoms with E-state index in [1.807, 2.05) is 12.1 Å². The average molecular weight is 664 g/mol. The molecule has 0 fully saturated rings. The van der Waals surface area contributed by atoms with Crippen LogP contribution in [0.5, 0.6) is 0 Å². The number of para-hydroxylation sites is 2. The molecule has 0 saturated carbocycles. The first-order valence-electron chi connectivity index (χ1n) is 17.8. The number of benzene rings is 9. The minimum atomic E-state index is 0.902. The highest BCUT2D eigenvalue weighted by Gasteiger charge is 2.19. The van der Waals surface area contributed by atoms with E-state index in [9.17, 15) is 0 Å². The topological polar surface area (TPSA) is 16.4 Å². The number of furan rings is 1. The Morgan fingerprint density at radius 3 is 1.79 bits per heavy atom. The molecule has 2 nitrogen and oxygen atoms in total. The summed E-state index contributed by atoms with van der Waals surface area (Å²) in [5.74, 6) is 0. The molecule has 0 saturated heterocycles. The molecule has 10 aromatic rings. The lowest BCUT2D eigenvalue weighted by molar-refractivity contribution is 0.670. The molecule has 244 valence electrons. The summed E-state index contributed by atoms with van der Waals surface area (Å²) in [7, 11) is 0. The number of hydrogen-bond acceptors (Lipinski definition) is 2. The SMILES string of the molecule is c1ccc(-c2ccc(N(c3ccc(-c4cccc5ccccc45)cc3)c3cccc(-c4cccc5c4oc4ccccc45)c3)c3ccccc23)cc1. The van der Waals surface area contributed by atoms with Gasteiger partial charge in [0.15, 0.2) is 0 Å². The van der Waals surface area contributed by atoms with Gasteiger partial charge in [-0.15, -0.1) is 0 Å². The summed E-state index contributed by atoms with van der Waals surface area (Å²) in [6.45, 7) is 0. The summed E-state index contributed by atoms with van der Waals surface area (Å²) in [5.41, 5.74) is 12.1. The molecule has 0 aliphatic carbocycles. The summed E-state index contributed by atoms with van der Waals surface area (Å²) in [6.07, 6.45) is 0. The molecule has 1 aromatic heterocycles. The van der Waals surface area contributed by atoms with Crippen LogP contribution < -0.4 is 4.90 Å². The zero-order valence-electron chi connectivity index (χ0n) is 28.4. The summed E-state index contributed by atoms with van der Waals surface area (Å²) in [4.78, 5) is 2.40. The third-order valence-electron chi connectivity index (χ3n) is 10.3. The maximum atomic E-state index is 6.49. The van der Waals surface area contributed by atoms with Crippen LogP contribution >= 0.6 is 0 Å². The Kier molecular flexibility index (Phi) is 7.18. The van der Waals surface area contributed by atoms with Crippen LogP contribution in [0.2, 0.25) is 0 Å². The number of anilines is 3. The lowest BCUT2D eigenvalue weighted by atomic mass is 9.95. The number of nitrogens with zero attached hydrogens (tertiary/aromatic N) is 1. The van der Waals surface area contributed by atoms with Crippen LogP contribution in [0.25, 0.3) is 76.9 Å². The predicted octanol–water partition coefficient (Wildman–Crippen LogP) is 14.4. The van der Waals surface area contributed by atoms with Crippen LogP contribution in [0.3, 0.4) is 0 Å². The zero-order valence-corrected chi connectivity index (χ0v) is 28.4. The minimum absolute atomic E-state index is 0.902. The van der Waals surface area contributed by atoms with Crippen molar-refractivity contribution in [2.75, 3.05) is 4.90 Å². The number of fused-ring (bicyclic) bond motifs is 5. The van der Waals surface area contributed by atoms with Gasteiger partial charge in [-0.3, -0.25) is 0 Å². The Morgan fingerprint density at radius 1 is 0.327 bits per heavy atom. The van der Waals surface area contributed by atoms with E-state index < -0.39 is 0 Å².